The maximum absolute atomic E-state index is 12.5. The van der Waals surface area contributed by atoms with Crippen LogP contribution in [0.4, 0.5) is 0 Å². The van der Waals surface area contributed by atoms with Gasteiger partial charge in [0.25, 0.3) is 5.91 Å². The molecule has 2 heterocycles. The molecule has 22 heavy (non-hydrogen) atoms. The number of nitrogens with one attached hydrogen (secondary N) is 1. The molecule has 0 fully saturated rings. The van der Waals surface area contributed by atoms with Crippen LogP contribution in [-0.2, 0) is 23.6 Å². The second-order valence-electron chi connectivity index (χ2n) is 4.75. The Hall–Kier alpha value is -1.16. The highest BCUT2D eigenvalue weighted by Crippen LogP contribution is 2.23. The quantitative estimate of drug-likeness (QED) is 0.826. The number of aromatic nitrogens is 1. The van der Waals surface area contributed by atoms with Crippen LogP contribution in [0.2, 0.25) is 0 Å². The van der Waals surface area contributed by atoms with Crippen molar-refractivity contribution < 1.29 is 13.2 Å². The summed E-state index contributed by atoms with van der Waals surface area (Å²) < 4.78 is 28.4. The van der Waals surface area contributed by atoms with Crippen LogP contribution in [-0.4, -0.2) is 37.9 Å². The lowest BCUT2D eigenvalue weighted by molar-refractivity contribution is 0.0777. The predicted octanol–water partition coefficient (Wildman–Crippen LogP) is 2.03. The van der Waals surface area contributed by atoms with Gasteiger partial charge in [-0.25, -0.2) is 13.1 Å². The van der Waals surface area contributed by atoms with E-state index < -0.39 is 10.0 Å². The third-order valence-electron chi connectivity index (χ3n) is 3.15. The molecule has 2 aromatic rings. The molecule has 0 saturated heterocycles. The fourth-order valence-electron chi connectivity index (χ4n) is 1.95. The molecule has 2 aromatic heterocycles. The van der Waals surface area contributed by atoms with Crippen molar-refractivity contribution in [3.05, 3.63) is 38.8 Å². The number of carbonyl (C=O) groups excluding carboxylic acids is 1. The number of hydrogen-bond donors (Lipinski definition) is 1. The molecule has 0 bridgehead atoms. The van der Waals surface area contributed by atoms with Gasteiger partial charge in [-0.3, -0.25) is 4.79 Å². The second kappa shape index (κ2) is 6.53. The van der Waals surface area contributed by atoms with Gasteiger partial charge in [0.2, 0.25) is 10.0 Å². The smallest absolute Gasteiger partial charge is 0.270 e. The number of halogens is 1. The van der Waals surface area contributed by atoms with Crippen LogP contribution in [0.1, 0.15) is 15.4 Å². The zero-order valence-corrected chi connectivity index (χ0v) is 15.5. The van der Waals surface area contributed by atoms with Crippen LogP contribution in [0.3, 0.4) is 0 Å². The molecule has 0 unspecified atom stereocenters. The Kier molecular flexibility index (Phi) is 5.10. The van der Waals surface area contributed by atoms with Crippen molar-refractivity contribution in [2.75, 3.05) is 14.1 Å². The average molecular weight is 406 g/mol. The first-order valence-corrected chi connectivity index (χ1v) is 9.43. The number of aryl methyl sites for hydroxylation is 1. The first-order chi connectivity index (χ1) is 10.2. The van der Waals surface area contributed by atoms with Crippen molar-refractivity contribution in [1.82, 2.24) is 14.2 Å². The molecule has 2 rings (SSSR count). The molecule has 1 amide bonds. The van der Waals surface area contributed by atoms with E-state index in [0.29, 0.717) is 12.2 Å². The van der Waals surface area contributed by atoms with Crippen LogP contribution in [0.25, 0.3) is 0 Å². The van der Waals surface area contributed by atoms with Gasteiger partial charge >= 0.3 is 0 Å². The van der Waals surface area contributed by atoms with Crippen molar-refractivity contribution >= 4 is 43.2 Å². The van der Waals surface area contributed by atoms with Crippen LogP contribution in [0.5, 0.6) is 0 Å². The first-order valence-electron chi connectivity index (χ1n) is 6.34. The number of hydrogen-bond acceptors (Lipinski definition) is 4. The van der Waals surface area contributed by atoms with E-state index in [1.807, 2.05) is 12.1 Å². The summed E-state index contributed by atoms with van der Waals surface area (Å²) in [6.07, 6.45) is 1.43. The van der Waals surface area contributed by atoms with Crippen molar-refractivity contribution in [2.45, 2.75) is 11.4 Å². The molecule has 0 spiro atoms. The van der Waals surface area contributed by atoms with E-state index in [1.54, 1.807) is 30.3 Å². The fourth-order valence-corrected chi connectivity index (χ4v) is 4.29. The third kappa shape index (κ3) is 3.60. The minimum absolute atomic E-state index is 0.0770. The zero-order chi connectivity index (χ0) is 16.5. The topological polar surface area (TPSA) is 71.4 Å². The van der Waals surface area contributed by atoms with Gasteiger partial charge in [0.15, 0.2) is 0 Å². The van der Waals surface area contributed by atoms with Gasteiger partial charge in [-0.1, -0.05) is 0 Å². The summed E-state index contributed by atoms with van der Waals surface area (Å²) in [5, 5.41) is 0. The number of thiophene rings is 1. The molecule has 0 aliphatic carbocycles. The standard InChI is InChI=1S/C13H16BrN3O3S2/c1-15-22(19,20)10-6-11(16(2)8-10)13(18)17(3)7-9-4-5-12(14)21-9/h4-6,8,15H,7H2,1-3H3. The molecule has 0 aliphatic heterocycles. The SMILES string of the molecule is CNS(=O)(=O)c1cc(C(=O)N(C)Cc2ccc(Br)s2)n(C)c1. The Labute approximate surface area is 141 Å². The molecule has 0 aromatic carbocycles. The Morgan fingerprint density at radius 2 is 2.14 bits per heavy atom. The van der Waals surface area contributed by atoms with Crippen molar-refractivity contribution in [2.24, 2.45) is 7.05 Å². The second-order valence-corrected chi connectivity index (χ2v) is 9.18. The van der Waals surface area contributed by atoms with Crippen LogP contribution in [0, 0.1) is 0 Å². The minimum atomic E-state index is -3.56. The lowest BCUT2D eigenvalue weighted by Gasteiger charge is -2.16. The monoisotopic (exact) mass is 405 g/mol. The summed E-state index contributed by atoms with van der Waals surface area (Å²) in [6.45, 7) is 0.467. The minimum Gasteiger partial charge on any atom is -0.345 e. The third-order valence-corrected chi connectivity index (χ3v) is 6.14. The molecule has 1 N–H and O–H groups in total. The molecule has 6 nitrogen and oxygen atoms in total. The highest BCUT2D eigenvalue weighted by molar-refractivity contribution is 9.11. The lowest BCUT2D eigenvalue weighted by Crippen LogP contribution is -2.27. The summed E-state index contributed by atoms with van der Waals surface area (Å²) in [6, 6.07) is 5.26. The van der Waals surface area contributed by atoms with Gasteiger partial charge in [0.1, 0.15) is 10.6 Å². The largest absolute Gasteiger partial charge is 0.345 e. The van der Waals surface area contributed by atoms with E-state index >= 15 is 0 Å². The van der Waals surface area contributed by atoms with Gasteiger partial charge in [-0.2, -0.15) is 0 Å². The number of carbonyl (C=O) groups is 1. The van der Waals surface area contributed by atoms with Crippen molar-refractivity contribution in [3.8, 4) is 0 Å². The van der Waals surface area contributed by atoms with E-state index in [9.17, 15) is 13.2 Å². The molecular weight excluding hydrogens is 390 g/mol. The lowest BCUT2D eigenvalue weighted by atomic mass is 10.3. The summed E-state index contributed by atoms with van der Waals surface area (Å²) in [4.78, 5) is 15.2. The Balaban J connectivity index is 2.22. The summed E-state index contributed by atoms with van der Waals surface area (Å²) in [5.41, 5.74) is 0.326. The Morgan fingerprint density at radius 3 is 2.68 bits per heavy atom. The number of sulfonamides is 1. The number of amides is 1. The predicted molar refractivity (Wildman–Crippen MR) is 89.5 cm³/mol. The molecule has 9 heteroatoms. The van der Waals surface area contributed by atoms with Crippen molar-refractivity contribution in [1.29, 1.82) is 0 Å². The van der Waals surface area contributed by atoms with E-state index in [-0.39, 0.29) is 10.8 Å². The van der Waals surface area contributed by atoms with Crippen LogP contribution < -0.4 is 4.72 Å². The van der Waals surface area contributed by atoms with E-state index in [1.165, 1.54) is 23.9 Å². The first kappa shape index (κ1) is 17.2. The van der Waals surface area contributed by atoms with E-state index in [2.05, 4.69) is 20.7 Å². The van der Waals surface area contributed by atoms with E-state index in [4.69, 9.17) is 0 Å². The maximum Gasteiger partial charge on any atom is 0.270 e. The molecule has 0 saturated carbocycles. The summed E-state index contributed by atoms with van der Waals surface area (Å²) >= 11 is 4.94. The number of rotatable bonds is 5. The molecule has 0 radical (unpaired) electrons. The Bertz CT molecular complexity index is 795. The maximum atomic E-state index is 12.5. The average Bonchev–Trinajstić information content (AvgIpc) is 3.04. The normalized spacial score (nSPS) is 11.6. The number of nitrogens with zero attached hydrogens (tertiary/aromatic N) is 2. The van der Waals surface area contributed by atoms with Gasteiger partial charge in [0, 0.05) is 25.2 Å². The van der Waals surface area contributed by atoms with Gasteiger partial charge in [0.05, 0.1) is 10.3 Å². The van der Waals surface area contributed by atoms with Crippen LogP contribution >= 0.6 is 27.3 Å². The summed E-state index contributed by atoms with van der Waals surface area (Å²) in [5.74, 6) is -0.232. The zero-order valence-electron chi connectivity index (χ0n) is 12.3. The molecular formula is C13H16BrN3O3S2. The van der Waals surface area contributed by atoms with E-state index in [0.717, 1.165) is 8.66 Å². The highest BCUT2D eigenvalue weighted by Gasteiger charge is 2.21. The van der Waals surface area contributed by atoms with Gasteiger partial charge < -0.3 is 9.47 Å². The summed E-state index contributed by atoms with van der Waals surface area (Å²) in [7, 11) is 1.12. The molecule has 120 valence electrons. The Morgan fingerprint density at radius 1 is 1.45 bits per heavy atom. The van der Waals surface area contributed by atoms with Gasteiger partial charge in [-0.15, -0.1) is 11.3 Å². The molecule has 0 atom stereocenters. The van der Waals surface area contributed by atoms with Gasteiger partial charge in [-0.05, 0) is 41.2 Å². The highest BCUT2D eigenvalue weighted by atomic mass is 79.9. The van der Waals surface area contributed by atoms with Crippen LogP contribution in [0.15, 0.2) is 33.1 Å². The fraction of sp³-hybridized carbons (Fsp3) is 0.308. The van der Waals surface area contributed by atoms with Crippen molar-refractivity contribution in [3.63, 3.8) is 0 Å². The molecule has 0 aliphatic rings.